The Morgan fingerprint density at radius 3 is 2.74 bits per heavy atom. The van der Waals surface area contributed by atoms with E-state index < -0.39 is 18.0 Å². The first-order valence-corrected chi connectivity index (χ1v) is 11.2. The van der Waals surface area contributed by atoms with Gasteiger partial charge in [-0.15, -0.1) is 0 Å². The monoisotopic (exact) mass is 465 g/mol. The van der Waals surface area contributed by atoms with E-state index >= 15 is 0 Å². The molecule has 1 atom stereocenters. The standard InChI is InChI=1S/C25H27N3O6/c1-3-33-19-7-6-18(15(2)10-19)14-34-25(32)26-12-16-4-5-17-13-28(24(31)20(17)11-16)21-8-9-22(29)27-23(21)30/h4-7,10-11,21H,3,8-9,12-14H2,1-2H3,(H,26,32)(H,27,29,30). The van der Waals surface area contributed by atoms with Crippen LogP contribution in [0.2, 0.25) is 0 Å². The molecule has 2 heterocycles. The Labute approximate surface area is 197 Å². The fourth-order valence-electron chi connectivity index (χ4n) is 4.17. The molecule has 1 saturated heterocycles. The maximum absolute atomic E-state index is 12.9. The van der Waals surface area contributed by atoms with Crippen LogP contribution in [0.3, 0.4) is 0 Å². The zero-order chi connectivity index (χ0) is 24.2. The van der Waals surface area contributed by atoms with Crippen molar-refractivity contribution in [1.29, 1.82) is 0 Å². The molecule has 9 heteroatoms. The number of rotatable bonds is 7. The zero-order valence-corrected chi connectivity index (χ0v) is 19.2. The molecule has 0 radical (unpaired) electrons. The van der Waals surface area contributed by atoms with Gasteiger partial charge in [0, 0.05) is 25.1 Å². The van der Waals surface area contributed by atoms with Crippen molar-refractivity contribution in [1.82, 2.24) is 15.5 Å². The van der Waals surface area contributed by atoms with Crippen molar-refractivity contribution in [3.8, 4) is 5.75 Å². The van der Waals surface area contributed by atoms with Crippen molar-refractivity contribution in [3.63, 3.8) is 0 Å². The molecule has 2 aromatic rings. The van der Waals surface area contributed by atoms with Gasteiger partial charge in [-0.2, -0.15) is 0 Å². The Balaban J connectivity index is 1.31. The van der Waals surface area contributed by atoms with Crippen molar-refractivity contribution >= 4 is 23.8 Å². The summed E-state index contributed by atoms with van der Waals surface area (Å²) in [5.74, 6) is -0.233. The van der Waals surface area contributed by atoms with Gasteiger partial charge in [-0.3, -0.25) is 19.7 Å². The summed E-state index contributed by atoms with van der Waals surface area (Å²) in [6.07, 6.45) is -0.0343. The molecule has 0 bridgehead atoms. The molecule has 0 aliphatic carbocycles. The largest absolute Gasteiger partial charge is 0.494 e. The second kappa shape index (κ2) is 9.94. The van der Waals surface area contributed by atoms with Gasteiger partial charge in [-0.1, -0.05) is 18.2 Å². The highest BCUT2D eigenvalue weighted by atomic mass is 16.5. The molecule has 2 aliphatic rings. The van der Waals surface area contributed by atoms with Crippen LogP contribution in [0, 0.1) is 6.92 Å². The summed E-state index contributed by atoms with van der Waals surface area (Å²) in [6.45, 7) is 5.08. The molecule has 4 amide bonds. The van der Waals surface area contributed by atoms with E-state index in [4.69, 9.17) is 9.47 Å². The molecule has 34 heavy (non-hydrogen) atoms. The summed E-state index contributed by atoms with van der Waals surface area (Å²) in [5, 5.41) is 4.99. The van der Waals surface area contributed by atoms with Crippen LogP contribution in [0.15, 0.2) is 36.4 Å². The molecule has 4 rings (SSSR count). The van der Waals surface area contributed by atoms with Gasteiger partial charge in [0.25, 0.3) is 5.91 Å². The number of nitrogens with zero attached hydrogens (tertiary/aromatic N) is 1. The molecular weight excluding hydrogens is 438 g/mol. The number of aryl methyl sites for hydroxylation is 1. The van der Waals surface area contributed by atoms with E-state index in [9.17, 15) is 19.2 Å². The SMILES string of the molecule is CCOc1ccc(COC(=O)NCc2ccc3c(c2)C(=O)N(C2CCC(=O)NC2=O)C3)c(C)c1. The molecule has 2 N–H and O–H groups in total. The molecule has 178 valence electrons. The van der Waals surface area contributed by atoms with Crippen molar-refractivity contribution in [2.45, 2.75) is 52.4 Å². The van der Waals surface area contributed by atoms with Crippen LogP contribution in [-0.2, 0) is 34.0 Å². The first-order chi connectivity index (χ1) is 16.4. The fraction of sp³-hybridized carbons (Fsp3) is 0.360. The number of alkyl carbamates (subject to hydrolysis) is 1. The molecule has 2 aliphatic heterocycles. The Hall–Kier alpha value is -3.88. The predicted octanol–water partition coefficient (Wildman–Crippen LogP) is 2.58. The highest BCUT2D eigenvalue weighted by Gasteiger charge is 2.39. The van der Waals surface area contributed by atoms with E-state index in [2.05, 4.69) is 10.6 Å². The van der Waals surface area contributed by atoms with E-state index in [-0.39, 0.29) is 31.4 Å². The van der Waals surface area contributed by atoms with Gasteiger partial charge in [0.05, 0.1) is 6.61 Å². The lowest BCUT2D eigenvalue weighted by molar-refractivity contribution is -0.136. The number of carbonyl (C=O) groups is 4. The Morgan fingerprint density at radius 1 is 1.18 bits per heavy atom. The van der Waals surface area contributed by atoms with Crippen LogP contribution in [0.25, 0.3) is 0 Å². The van der Waals surface area contributed by atoms with Gasteiger partial charge in [0.2, 0.25) is 11.8 Å². The molecule has 1 unspecified atom stereocenters. The number of hydrogen-bond donors (Lipinski definition) is 2. The molecule has 0 saturated carbocycles. The summed E-state index contributed by atoms with van der Waals surface area (Å²) in [4.78, 5) is 50.2. The third kappa shape index (κ3) is 5.03. The molecule has 0 aromatic heterocycles. The van der Waals surface area contributed by atoms with Gasteiger partial charge in [0.15, 0.2) is 0 Å². The average Bonchev–Trinajstić information content (AvgIpc) is 3.13. The van der Waals surface area contributed by atoms with Crippen molar-refractivity contribution in [2.75, 3.05) is 6.61 Å². The maximum atomic E-state index is 12.9. The van der Waals surface area contributed by atoms with Crippen molar-refractivity contribution in [2.24, 2.45) is 0 Å². The van der Waals surface area contributed by atoms with E-state index in [0.717, 1.165) is 28.0 Å². The number of carbonyl (C=O) groups excluding carboxylic acids is 4. The normalized spacial score (nSPS) is 17.3. The fourth-order valence-corrected chi connectivity index (χ4v) is 4.17. The number of ether oxygens (including phenoxy) is 2. The minimum absolute atomic E-state index is 0.133. The quantitative estimate of drug-likeness (QED) is 0.608. The third-order valence-corrected chi connectivity index (χ3v) is 6.01. The van der Waals surface area contributed by atoms with E-state index in [1.807, 2.05) is 44.2 Å². The van der Waals surface area contributed by atoms with Crippen LogP contribution in [0.5, 0.6) is 5.75 Å². The third-order valence-electron chi connectivity index (χ3n) is 6.01. The average molecular weight is 466 g/mol. The Bertz CT molecular complexity index is 1150. The van der Waals surface area contributed by atoms with Gasteiger partial charge >= 0.3 is 6.09 Å². The number of hydrogen-bond acceptors (Lipinski definition) is 6. The molecular formula is C25H27N3O6. The van der Waals surface area contributed by atoms with Gasteiger partial charge in [-0.05, 0) is 60.7 Å². The highest BCUT2D eigenvalue weighted by molar-refractivity contribution is 6.05. The molecule has 9 nitrogen and oxygen atoms in total. The van der Waals surface area contributed by atoms with E-state index in [1.54, 1.807) is 6.07 Å². The topological polar surface area (TPSA) is 114 Å². The summed E-state index contributed by atoms with van der Waals surface area (Å²) >= 11 is 0. The lowest BCUT2D eigenvalue weighted by Crippen LogP contribution is -2.52. The van der Waals surface area contributed by atoms with Gasteiger partial charge in [0.1, 0.15) is 18.4 Å². The number of amides is 4. The molecule has 2 aromatic carbocycles. The minimum Gasteiger partial charge on any atom is -0.494 e. The van der Waals surface area contributed by atoms with Gasteiger partial charge in [-0.25, -0.2) is 4.79 Å². The zero-order valence-electron chi connectivity index (χ0n) is 19.2. The summed E-state index contributed by atoms with van der Waals surface area (Å²) in [6, 6.07) is 10.3. The van der Waals surface area contributed by atoms with E-state index in [1.165, 1.54) is 4.90 Å². The number of nitrogens with one attached hydrogen (secondary N) is 2. The number of benzene rings is 2. The lowest BCUT2D eigenvalue weighted by atomic mass is 10.0. The summed E-state index contributed by atoms with van der Waals surface area (Å²) in [7, 11) is 0. The lowest BCUT2D eigenvalue weighted by Gasteiger charge is -2.29. The second-order valence-corrected chi connectivity index (χ2v) is 8.34. The summed E-state index contributed by atoms with van der Waals surface area (Å²) in [5.41, 5.74) is 3.91. The van der Waals surface area contributed by atoms with Gasteiger partial charge < -0.3 is 19.7 Å². The number of imide groups is 1. The minimum atomic E-state index is -0.653. The highest BCUT2D eigenvalue weighted by Crippen LogP contribution is 2.28. The smallest absolute Gasteiger partial charge is 0.407 e. The second-order valence-electron chi connectivity index (χ2n) is 8.34. The predicted molar refractivity (Wildman–Crippen MR) is 122 cm³/mol. The van der Waals surface area contributed by atoms with Crippen LogP contribution in [0.1, 0.15) is 52.4 Å². The Kier molecular flexibility index (Phi) is 6.81. The molecule has 1 fully saturated rings. The number of fused-ring (bicyclic) bond motifs is 1. The Morgan fingerprint density at radius 2 is 2.00 bits per heavy atom. The molecule has 0 spiro atoms. The van der Waals surface area contributed by atoms with Crippen LogP contribution < -0.4 is 15.4 Å². The number of piperidine rings is 1. The first-order valence-electron chi connectivity index (χ1n) is 11.2. The van der Waals surface area contributed by atoms with Crippen molar-refractivity contribution < 1.29 is 28.7 Å². The van der Waals surface area contributed by atoms with Crippen LogP contribution in [-0.4, -0.2) is 41.4 Å². The van der Waals surface area contributed by atoms with E-state index in [0.29, 0.717) is 25.1 Å². The maximum Gasteiger partial charge on any atom is 0.407 e. The van der Waals surface area contributed by atoms with Crippen LogP contribution >= 0.6 is 0 Å². The first kappa shape index (κ1) is 23.3. The van der Waals surface area contributed by atoms with Crippen LogP contribution in [0.4, 0.5) is 4.79 Å². The summed E-state index contributed by atoms with van der Waals surface area (Å²) < 4.78 is 10.8. The van der Waals surface area contributed by atoms with Crippen molar-refractivity contribution in [3.05, 3.63) is 64.2 Å².